The van der Waals surface area contributed by atoms with E-state index in [0.29, 0.717) is 27.5 Å². The molecule has 0 aliphatic heterocycles. The van der Waals surface area contributed by atoms with Crippen molar-refractivity contribution >= 4 is 67.8 Å². The van der Waals surface area contributed by atoms with Crippen molar-refractivity contribution < 1.29 is 22.9 Å². The number of halogens is 2. The van der Waals surface area contributed by atoms with Gasteiger partial charge in [0.25, 0.3) is 17.5 Å². The Hall–Kier alpha value is -4.66. The summed E-state index contributed by atoms with van der Waals surface area (Å²) < 4.78 is 25.1. The van der Waals surface area contributed by atoms with Gasteiger partial charge in [-0.05, 0) is 43.3 Å². The summed E-state index contributed by atoms with van der Waals surface area (Å²) in [5.74, 6) is -1.05. The maximum Gasteiger partial charge on any atom is 0.294 e. The lowest BCUT2D eigenvalue weighted by atomic mass is 10.1. The number of nitro groups is 1. The number of aromatic nitrogens is 2. The van der Waals surface area contributed by atoms with Crippen LogP contribution >= 0.6 is 23.2 Å². The monoisotopic (exact) mass is 645 g/mol. The van der Waals surface area contributed by atoms with Crippen LogP contribution in [0.5, 0.6) is 0 Å². The van der Waals surface area contributed by atoms with Gasteiger partial charge in [-0.3, -0.25) is 29.5 Å². The fourth-order valence-corrected chi connectivity index (χ4v) is 5.08. The molecule has 2 amide bonds. The van der Waals surface area contributed by atoms with Crippen LogP contribution in [-0.2, 0) is 10.0 Å². The lowest BCUT2D eigenvalue weighted by molar-refractivity contribution is -0.383. The van der Waals surface area contributed by atoms with Gasteiger partial charge in [-0.25, -0.2) is 8.42 Å². The number of aryl methyl sites for hydroxylation is 1. The van der Waals surface area contributed by atoms with Gasteiger partial charge in [0, 0.05) is 41.7 Å². The van der Waals surface area contributed by atoms with Gasteiger partial charge in [-0.2, -0.15) is 5.10 Å². The number of amides is 2. The van der Waals surface area contributed by atoms with Crippen molar-refractivity contribution in [1.82, 2.24) is 15.5 Å². The molecule has 0 fully saturated rings. The molecule has 0 aliphatic rings. The number of hydrogen-bond donors (Lipinski definition) is 5. The number of nitrogens with one attached hydrogen (secondary N) is 5. The number of hydrogen-bond acceptors (Lipinski definition) is 8. The van der Waals surface area contributed by atoms with E-state index in [1.54, 1.807) is 31.2 Å². The zero-order chi connectivity index (χ0) is 31.3. The van der Waals surface area contributed by atoms with Gasteiger partial charge in [0.2, 0.25) is 10.0 Å². The number of nitrogens with zero attached hydrogens (tertiary/aromatic N) is 2. The molecule has 0 unspecified atom stereocenters. The van der Waals surface area contributed by atoms with Crippen LogP contribution in [0.2, 0.25) is 10.0 Å². The molecule has 4 rings (SSSR count). The zero-order valence-electron chi connectivity index (χ0n) is 22.7. The molecule has 224 valence electrons. The molecule has 1 heterocycles. The summed E-state index contributed by atoms with van der Waals surface area (Å²) in [6.45, 7) is 2.05. The van der Waals surface area contributed by atoms with E-state index < -0.39 is 26.5 Å². The minimum Gasteiger partial charge on any atom is -0.382 e. The molecule has 0 radical (unpaired) electrons. The Labute approximate surface area is 256 Å². The third-order valence-electron chi connectivity index (χ3n) is 6.01. The van der Waals surface area contributed by atoms with Crippen molar-refractivity contribution in [3.63, 3.8) is 0 Å². The summed E-state index contributed by atoms with van der Waals surface area (Å²) in [5, 5.41) is 27.5. The summed E-state index contributed by atoms with van der Waals surface area (Å²) in [4.78, 5) is 36.8. The molecule has 5 N–H and O–H groups in total. The van der Waals surface area contributed by atoms with Gasteiger partial charge in [-0.1, -0.05) is 41.4 Å². The Morgan fingerprint density at radius 2 is 1.67 bits per heavy atom. The van der Waals surface area contributed by atoms with E-state index in [1.807, 2.05) is 0 Å². The molecule has 43 heavy (non-hydrogen) atoms. The number of nitro benzene ring substituents is 1. The van der Waals surface area contributed by atoms with Crippen molar-refractivity contribution in [3.05, 3.63) is 97.6 Å². The maximum absolute atomic E-state index is 13.0. The predicted octanol–water partition coefficient (Wildman–Crippen LogP) is 5.07. The second-order valence-electron chi connectivity index (χ2n) is 9.25. The number of anilines is 3. The smallest absolute Gasteiger partial charge is 0.294 e. The first-order valence-electron chi connectivity index (χ1n) is 12.5. The highest BCUT2D eigenvalue weighted by atomic mass is 35.5. The summed E-state index contributed by atoms with van der Waals surface area (Å²) in [5.41, 5.74) is 2.01. The van der Waals surface area contributed by atoms with Crippen LogP contribution in [0.4, 0.5) is 22.7 Å². The Balaban J connectivity index is 1.43. The Morgan fingerprint density at radius 3 is 2.33 bits per heavy atom. The third-order valence-corrected chi connectivity index (χ3v) is 7.26. The van der Waals surface area contributed by atoms with Gasteiger partial charge in [-0.15, -0.1) is 0 Å². The lowest BCUT2D eigenvalue weighted by Gasteiger charge is -2.13. The summed E-state index contributed by atoms with van der Waals surface area (Å²) in [7, 11) is -3.50. The minimum atomic E-state index is -3.50. The summed E-state index contributed by atoms with van der Waals surface area (Å²) in [6.07, 6.45) is 0.991. The highest BCUT2D eigenvalue weighted by Crippen LogP contribution is 2.35. The number of sulfonamides is 1. The summed E-state index contributed by atoms with van der Waals surface area (Å²) >= 11 is 12.6. The molecule has 13 nitrogen and oxygen atoms in total. The SMILES string of the molecule is Cc1[nH]nc(-c2ccccc2Cl)c1C(=O)NCCNc1cc(NC(=O)c2ccc(NS(C)(=O)=O)cc2)c([N+](=O)[O-])cc1Cl. The second kappa shape index (κ2) is 13.1. The van der Waals surface area contributed by atoms with Gasteiger partial charge in [0.05, 0.1) is 32.5 Å². The van der Waals surface area contributed by atoms with Gasteiger partial charge < -0.3 is 16.0 Å². The van der Waals surface area contributed by atoms with Crippen molar-refractivity contribution in [2.45, 2.75) is 6.92 Å². The first kappa shape index (κ1) is 31.3. The van der Waals surface area contributed by atoms with Crippen LogP contribution in [-0.4, -0.2) is 54.7 Å². The van der Waals surface area contributed by atoms with Crippen molar-refractivity contribution in [2.24, 2.45) is 0 Å². The van der Waals surface area contributed by atoms with E-state index in [9.17, 15) is 28.1 Å². The number of benzene rings is 3. The number of carbonyl (C=O) groups is 2. The normalized spacial score (nSPS) is 11.1. The van der Waals surface area contributed by atoms with E-state index in [1.165, 1.54) is 30.3 Å². The molecule has 0 bridgehead atoms. The Kier molecular flexibility index (Phi) is 9.53. The van der Waals surface area contributed by atoms with Gasteiger partial charge >= 0.3 is 0 Å². The second-order valence-corrected chi connectivity index (χ2v) is 11.8. The molecule has 0 atom stereocenters. The van der Waals surface area contributed by atoms with Crippen LogP contribution < -0.4 is 20.7 Å². The topological polar surface area (TPSA) is 188 Å². The van der Waals surface area contributed by atoms with Crippen LogP contribution in [0.3, 0.4) is 0 Å². The van der Waals surface area contributed by atoms with Gasteiger partial charge in [0.15, 0.2) is 0 Å². The van der Waals surface area contributed by atoms with Crippen LogP contribution in [0.15, 0.2) is 60.7 Å². The van der Waals surface area contributed by atoms with E-state index >= 15 is 0 Å². The molecule has 0 spiro atoms. The Bertz CT molecular complexity index is 1810. The van der Waals surface area contributed by atoms with Gasteiger partial charge in [0.1, 0.15) is 11.4 Å². The fraction of sp³-hybridized carbons (Fsp3) is 0.148. The molecule has 4 aromatic rings. The average Bonchev–Trinajstić information content (AvgIpc) is 3.32. The molecule has 16 heteroatoms. The predicted molar refractivity (Wildman–Crippen MR) is 166 cm³/mol. The molecule has 0 aliphatic carbocycles. The van der Waals surface area contributed by atoms with Crippen LogP contribution in [0.25, 0.3) is 11.3 Å². The highest BCUT2D eigenvalue weighted by molar-refractivity contribution is 7.92. The maximum atomic E-state index is 13.0. The van der Waals surface area contributed by atoms with E-state index in [-0.39, 0.29) is 46.6 Å². The first-order valence-corrected chi connectivity index (χ1v) is 15.2. The molecule has 3 aromatic carbocycles. The molecular weight excluding hydrogens is 621 g/mol. The zero-order valence-corrected chi connectivity index (χ0v) is 25.0. The molecule has 0 saturated heterocycles. The lowest BCUT2D eigenvalue weighted by Crippen LogP contribution is -2.29. The van der Waals surface area contributed by atoms with Crippen molar-refractivity contribution in [3.8, 4) is 11.3 Å². The highest BCUT2D eigenvalue weighted by Gasteiger charge is 2.22. The van der Waals surface area contributed by atoms with E-state index in [2.05, 4.69) is 30.9 Å². The van der Waals surface area contributed by atoms with E-state index in [0.717, 1.165) is 12.3 Å². The number of aromatic amines is 1. The average molecular weight is 647 g/mol. The van der Waals surface area contributed by atoms with Crippen molar-refractivity contribution in [2.75, 3.05) is 34.7 Å². The number of carbonyl (C=O) groups excluding carboxylic acids is 2. The standard InChI is InChI=1S/C27H25Cl2N7O6S/c1-15-24(25(34-33-15)18-5-3-4-6-19(18)28)27(38)31-12-11-30-21-14-22(23(36(39)40)13-20(21)29)32-26(37)16-7-9-17(10-8-16)35-43(2,41)42/h3-10,13-14,30,35H,11-12H2,1-2H3,(H,31,38)(H,32,37)(H,33,34). The van der Waals surface area contributed by atoms with Crippen molar-refractivity contribution in [1.29, 1.82) is 0 Å². The largest absolute Gasteiger partial charge is 0.382 e. The quantitative estimate of drug-likeness (QED) is 0.0849. The Morgan fingerprint density at radius 1 is 0.977 bits per heavy atom. The number of rotatable bonds is 11. The number of H-pyrrole nitrogens is 1. The fourth-order valence-electron chi connectivity index (χ4n) is 4.06. The third kappa shape index (κ3) is 7.80. The first-order chi connectivity index (χ1) is 20.3. The molecule has 1 aromatic heterocycles. The minimum absolute atomic E-state index is 0.0268. The summed E-state index contributed by atoms with van der Waals surface area (Å²) in [6, 6.07) is 14.9. The van der Waals surface area contributed by atoms with Crippen LogP contribution in [0.1, 0.15) is 26.4 Å². The molecular formula is C27H25Cl2N7O6S. The van der Waals surface area contributed by atoms with Crippen LogP contribution in [0, 0.1) is 17.0 Å². The van der Waals surface area contributed by atoms with E-state index in [4.69, 9.17) is 23.2 Å². The molecule has 0 saturated carbocycles.